The Morgan fingerprint density at radius 2 is 1.83 bits per heavy atom. The van der Waals surface area contributed by atoms with Gasteiger partial charge in [-0.15, -0.1) is 0 Å². The minimum absolute atomic E-state index is 0.0243. The van der Waals surface area contributed by atoms with E-state index in [2.05, 4.69) is 10.6 Å². The highest BCUT2D eigenvalue weighted by Crippen LogP contribution is 2.28. The van der Waals surface area contributed by atoms with E-state index in [1.165, 1.54) is 0 Å². The van der Waals surface area contributed by atoms with Crippen LogP contribution in [-0.2, 0) is 15.1 Å². The van der Waals surface area contributed by atoms with Crippen molar-refractivity contribution >= 4 is 17.8 Å². The SMILES string of the molecule is CC(C)[C@H](C)NC(=O)CN1C(=O)N[C@](C)(c2ccccc2)C1=O. The van der Waals surface area contributed by atoms with E-state index in [0.717, 1.165) is 4.90 Å². The van der Waals surface area contributed by atoms with Gasteiger partial charge in [0, 0.05) is 6.04 Å². The Morgan fingerprint density at radius 1 is 1.22 bits per heavy atom. The van der Waals surface area contributed by atoms with Crippen molar-refractivity contribution in [3.63, 3.8) is 0 Å². The summed E-state index contributed by atoms with van der Waals surface area (Å²) in [5, 5.41) is 5.49. The summed E-state index contributed by atoms with van der Waals surface area (Å²) in [6, 6.07) is 8.44. The summed E-state index contributed by atoms with van der Waals surface area (Å²) in [5.41, 5.74) is -0.445. The van der Waals surface area contributed by atoms with Gasteiger partial charge in [0.1, 0.15) is 12.1 Å². The first-order chi connectivity index (χ1) is 10.8. The number of carbonyl (C=O) groups is 3. The fourth-order valence-electron chi connectivity index (χ4n) is 2.42. The molecule has 1 aromatic carbocycles. The zero-order valence-electron chi connectivity index (χ0n) is 13.9. The summed E-state index contributed by atoms with van der Waals surface area (Å²) < 4.78 is 0. The van der Waals surface area contributed by atoms with Gasteiger partial charge in [-0.25, -0.2) is 4.79 Å². The molecule has 6 nitrogen and oxygen atoms in total. The molecule has 6 heteroatoms. The maximum absolute atomic E-state index is 12.7. The number of rotatable bonds is 5. The lowest BCUT2D eigenvalue weighted by Crippen LogP contribution is -2.45. The number of nitrogens with one attached hydrogen (secondary N) is 2. The van der Waals surface area contributed by atoms with Gasteiger partial charge >= 0.3 is 6.03 Å². The van der Waals surface area contributed by atoms with Crippen molar-refractivity contribution < 1.29 is 14.4 Å². The van der Waals surface area contributed by atoms with Crippen molar-refractivity contribution in [2.75, 3.05) is 6.54 Å². The Bertz CT molecular complexity index is 615. The normalized spacial score (nSPS) is 22.2. The molecule has 1 heterocycles. The number of carbonyl (C=O) groups excluding carboxylic acids is 3. The lowest BCUT2D eigenvalue weighted by Gasteiger charge is -2.22. The minimum atomic E-state index is -1.14. The van der Waals surface area contributed by atoms with Crippen LogP contribution in [0.5, 0.6) is 0 Å². The molecule has 0 unspecified atom stereocenters. The Morgan fingerprint density at radius 3 is 2.39 bits per heavy atom. The Kier molecular flexibility index (Phi) is 4.73. The molecule has 1 fully saturated rings. The quantitative estimate of drug-likeness (QED) is 0.810. The predicted octanol–water partition coefficient (Wildman–Crippen LogP) is 1.61. The molecule has 1 aliphatic heterocycles. The topological polar surface area (TPSA) is 78.5 Å². The predicted molar refractivity (Wildman–Crippen MR) is 86.5 cm³/mol. The molecule has 1 saturated heterocycles. The molecule has 2 rings (SSSR count). The summed E-state index contributed by atoms with van der Waals surface area (Å²) in [5.74, 6) is -0.482. The second-order valence-corrected chi connectivity index (χ2v) is 6.41. The second-order valence-electron chi connectivity index (χ2n) is 6.41. The van der Waals surface area contributed by atoms with Crippen LogP contribution < -0.4 is 10.6 Å². The Balaban J connectivity index is 2.12. The van der Waals surface area contributed by atoms with E-state index in [4.69, 9.17) is 0 Å². The van der Waals surface area contributed by atoms with Crippen LogP contribution in [0.15, 0.2) is 30.3 Å². The third-order valence-electron chi connectivity index (χ3n) is 4.32. The average molecular weight is 317 g/mol. The maximum atomic E-state index is 12.7. The molecule has 0 spiro atoms. The third-order valence-corrected chi connectivity index (χ3v) is 4.32. The lowest BCUT2D eigenvalue weighted by molar-refractivity contribution is -0.135. The van der Waals surface area contributed by atoms with Crippen LogP contribution in [0, 0.1) is 5.92 Å². The number of benzene rings is 1. The highest BCUT2D eigenvalue weighted by molar-refractivity contribution is 6.09. The van der Waals surface area contributed by atoms with Crippen LogP contribution in [0.25, 0.3) is 0 Å². The standard InChI is InChI=1S/C17H23N3O3/c1-11(2)12(3)18-14(21)10-20-15(22)17(4,19-16(20)23)13-8-6-5-7-9-13/h5-9,11-12H,10H2,1-4H3,(H,18,21)(H,19,23)/t12-,17+/m0/s1. The van der Waals surface area contributed by atoms with Gasteiger partial charge in [-0.1, -0.05) is 44.2 Å². The van der Waals surface area contributed by atoms with Crippen molar-refractivity contribution in [2.45, 2.75) is 39.3 Å². The maximum Gasteiger partial charge on any atom is 0.325 e. The molecule has 2 atom stereocenters. The molecule has 2 N–H and O–H groups in total. The number of nitrogens with zero attached hydrogens (tertiary/aromatic N) is 1. The largest absolute Gasteiger partial charge is 0.352 e. The van der Waals surface area contributed by atoms with E-state index >= 15 is 0 Å². The van der Waals surface area contributed by atoms with Gasteiger partial charge in [0.2, 0.25) is 5.91 Å². The first-order valence-corrected chi connectivity index (χ1v) is 7.74. The molecule has 1 aromatic rings. The first-order valence-electron chi connectivity index (χ1n) is 7.74. The number of urea groups is 1. The zero-order chi connectivity index (χ0) is 17.2. The van der Waals surface area contributed by atoms with Crippen LogP contribution in [0.2, 0.25) is 0 Å². The van der Waals surface area contributed by atoms with Crippen molar-refractivity contribution in [1.29, 1.82) is 0 Å². The molecular formula is C17H23N3O3. The third kappa shape index (κ3) is 3.36. The van der Waals surface area contributed by atoms with Crippen LogP contribution in [-0.4, -0.2) is 35.3 Å². The van der Waals surface area contributed by atoms with Crippen molar-refractivity contribution in [2.24, 2.45) is 5.92 Å². The highest BCUT2D eigenvalue weighted by atomic mass is 16.2. The summed E-state index contributed by atoms with van der Waals surface area (Å²) >= 11 is 0. The van der Waals surface area contributed by atoms with E-state index in [1.807, 2.05) is 26.8 Å². The summed E-state index contributed by atoms with van der Waals surface area (Å²) in [6.45, 7) is 7.25. The molecule has 0 aliphatic carbocycles. The molecule has 0 aromatic heterocycles. The van der Waals surface area contributed by atoms with Gasteiger partial charge in [0.15, 0.2) is 0 Å². The van der Waals surface area contributed by atoms with E-state index in [0.29, 0.717) is 5.56 Å². The molecular weight excluding hydrogens is 294 g/mol. The average Bonchev–Trinajstić information content (AvgIpc) is 2.72. The molecule has 0 saturated carbocycles. The molecule has 0 bridgehead atoms. The number of hydrogen-bond acceptors (Lipinski definition) is 3. The van der Waals surface area contributed by atoms with Crippen molar-refractivity contribution in [1.82, 2.24) is 15.5 Å². The highest BCUT2D eigenvalue weighted by Gasteiger charge is 2.49. The molecule has 0 radical (unpaired) electrons. The van der Waals surface area contributed by atoms with Crippen molar-refractivity contribution in [3.05, 3.63) is 35.9 Å². The molecule has 23 heavy (non-hydrogen) atoms. The van der Waals surface area contributed by atoms with Crippen molar-refractivity contribution in [3.8, 4) is 0 Å². The smallest absolute Gasteiger partial charge is 0.325 e. The van der Waals surface area contributed by atoms with Gasteiger partial charge in [0.05, 0.1) is 0 Å². The summed E-state index contributed by atoms with van der Waals surface area (Å²) in [4.78, 5) is 37.8. The summed E-state index contributed by atoms with van der Waals surface area (Å²) in [7, 11) is 0. The fourth-order valence-corrected chi connectivity index (χ4v) is 2.42. The molecule has 1 aliphatic rings. The summed E-state index contributed by atoms with van der Waals surface area (Å²) in [6.07, 6.45) is 0. The van der Waals surface area contributed by atoms with Crippen LogP contribution in [0.1, 0.15) is 33.3 Å². The zero-order valence-corrected chi connectivity index (χ0v) is 13.9. The Labute approximate surface area is 136 Å². The lowest BCUT2D eigenvalue weighted by atomic mass is 9.92. The number of amides is 4. The van der Waals surface area contributed by atoms with Crippen LogP contribution >= 0.6 is 0 Å². The van der Waals surface area contributed by atoms with Gasteiger partial charge < -0.3 is 10.6 Å². The number of hydrogen-bond donors (Lipinski definition) is 2. The van der Waals surface area contributed by atoms with Gasteiger partial charge in [0.25, 0.3) is 5.91 Å². The Hall–Kier alpha value is -2.37. The van der Waals surface area contributed by atoms with E-state index < -0.39 is 17.5 Å². The molecule has 4 amide bonds. The minimum Gasteiger partial charge on any atom is -0.352 e. The van der Waals surface area contributed by atoms with Gasteiger partial charge in [-0.05, 0) is 25.3 Å². The van der Waals surface area contributed by atoms with Crippen LogP contribution in [0.3, 0.4) is 0 Å². The first kappa shape index (κ1) is 17.0. The fraction of sp³-hybridized carbons (Fsp3) is 0.471. The molecule has 124 valence electrons. The monoisotopic (exact) mass is 317 g/mol. The van der Waals surface area contributed by atoms with E-state index in [9.17, 15) is 14.4 Å². The van der Waals surface area contributed by atoms with Crippen LogP contribution in [0.4, 0.5) is 4.79 Å². The van der Waals surface area contributed by atoms with Gasteiger partial charge in [-0.2, -0.15) is 0 Å². The number of imide groups is 1. The second kappa shape index (κ2) is 6.40. The van der Waals surface area contributed by atoms with E-state index in [1.54, 1.807) is 31.2 Å². The van der Waals surface area contributed by atoms with E-state index in [-0.39, 0.29) is 24.4 Å². The van der Waals surface area contributed by atoms with Gasteiger partial charge in [-0.3, -0.25) is 14.5 Å².